The molecule has 0 unspecified atom stereocenters. The van der Waals surface area contributed by atoms with E-state index in [1.54, 1.807) is 4.90 Å². The van der Waals surface area contributed by atoms with Gasteiger partial charge in [-0.25, -0.2) is 4.79 Å². The molecule has 0 atom stereocenters. The fraction of sp³-hybridized carbons (Fsp3) is 0.333. The molecule has 0 saturated heterocycles. The number of hydrogen-bond donors (Lipinski definition) is 1. The van der Waals surface area contributed by atoms with Gasteiger partial charge in [-0.2, -0.15) is 0 Å². The number of nitrogens with zero attached hydrogens (tertiary/aromatic N) is 2. The normalized spacial score (nSPS) is 11.4. The average Bonchev–Trinajstić information content (AvgIpc) is 3.03. The Morgan fingerprint density at radius 2 is 1.73 bits per heavy atom. The van der Waals surface area contributed by atoms with E-state index in [9.17, 15) is 9.59 Å². The average molecular weight is 408 g/mol. The second-order valence-corrected chi connectivity index (χ2v) is 8.28. The Bertz CT molecular complexity index is 1060. The Hall–Kier alpha value is -3.28. The lowest BCUT2D eigenvalue weighted by Crippen LogP contribution is -2.36. The van der Waals surface area contributed by atoms with Crippen LogP contribution in [-0.2, 0) is 18.3 Å². The van der Waals surface area contributed by atoms with Crippen molar-refractivity contribution in [2.75, 3.05) is 11.9 Å². The minimum atomic E-state index is -0.563. The van der Waals surface area contributed by atoms with Crippen LogP contribution >= 0.6 is 0 Å². The van der Waals surface area contributed by atoms with Gasteiger partial charge in [0.15, 0.2) is 0 Å². The monoisotopic (exact) mass is 407 g/mol. The number of ether oxygens (including phenoxy) is 1. The number of rotatable bonds is 5. The molecular weight excluding hydrogens is 378 g/mol. The minimum absolute atomic E-state index is 0.181. The fourth-order valence-electron chi connectivity index (χ4n) is 3.33. The van der Waals surface area contributed by atoms with Gasteiger partial charge >= 0.3 is 6.09 Å². The first-order valence-electron chi connectivity index (χ1n) is 10.1. The van der Waals surface area contributed by atoms with Crippen molar-refractivity contribution in [1.29, 1.82) is 0 Å². The third-order valence-corrected chi connectivity index (χ3v) is 4.80. The number of carbonyl (C=O) groups excluding carboxylic acids is 2. The third kappa shape index (κ3) is 4.82. The zero-order valence-electron chi connectivity index (χ0n) is 18.2. The number of anilines is 1. The van der Waals surface area contributed by atoms with E-state index in [1.165, 1.54) is 0 Å². The highest BCUT2D eigenvalue weighted by Gasteiger charge is 2.22. The van der Waals surface area contributed by atoms with E-state index in [0.717, 1.165) is 16.5 Å². The molecule has 0 radical (unpaired) electrons. The van der Waals surface area contributed by atoms with Crippen LogP contribution in [0, 0.1) is 0 Å². The molecule has 1 aromatic heterocycles. The number of aromatic nitrogens is 1. The molecule has 0 aliphatic carbocycles. The van der Waals surface area contributed by atoms with Crippen LogP contribution in [0.4, 0.5) is 10.5 Å². The molecule has 6 nitrogen and oxygen atoms in total. The van der Waals surface area contributed by atoms with Crippen molar-refractivity contribution in [3.05, 3.63) is 65.9 Å². The van der Waals surface area contributed by atoms with E-state index in [-0.39, 0.29) is 12.0 Å². The SMILES string of the molecule is CCN(Cc1ccccc1NC(=O)c1cn(C)c2ccccc12)C(=O)OC(C)(C)C. The van der Waals surface area contributed by atoms with Crippen LogP contribution in [0.1, 0.15) is 43.6 Å². The first-order valence-corrected chi connectivity index (χ1v) is 10.1. The first kappa shape index (κ1) is 21.4. The van der Waals surface area contributed by atoms with Gasteiger partial charge in [0.05, 0.1) is 12.1 Å². The van der Waals surface area contributed by atoms with Crippen LogP contribution in [0.5, 0.6) is 0 Å². The van der Waals surface area contributed by atoms with E-state index in [1.807, 2.05) is 94.0 Å². The van der Waals surface area contributed by atoms with Gasteiger partial charge in [0, 0.05) is 36.4 Å². The van der Waals surface area contributed by atoms with Gasteiger partial charge in [0.25, 0.3) is 5.91 Å². The van der Waals surface area contributed by atoms with Crippen molar-refractivity contribution < 1.29 is 14.3 Å². The Kier molecular flexibility index (Phi) is 6.15. The molecule has 2 amide bonds. The lowest BCUT2D eigenvalue weighted by Gasteiger charge is -2.27. The number of nitrogens with one attached hydrogen (secondary N) is 1. The number of carbonyl (C=O) groups is 2. The third-order valence-electron chi connectivity index (χ3n) is 4.80. The van der Waals surface area contributed by atoms with E-state index in [2.05, 4.69) is 5.32 Å². The topological polar surface area (TPSA) is 63.6 Å². The van der Waals surface area contributed by atoms with Crippen molar-refractivity contribution >= 4 is 28.6 Å². The molecule has 6 heteroatoms. The second kappa shape index (κ2) is 8.61. The Morgan fingerprint density at radius 1 is 1.07 bits per heavy atom. The molecule has 0 aliphatic rings. The quantitative estimate of drug-likeness (QED) is 0.633. The molecule has 1 N–H and O–H groups in total. The van der Waals surface area contributed by atoms with Crippen molar-refractivity contribution in [1.82, 2.24) is 9.47 Å². The van der Waals surface area contributed by atoms with Gasteiger partial charge in [-0.05, 0) is 45.4 Å². The molecule has 0 aliphatic heterocycles. The smallest absolute Gasteiger partial charge is 0.410 e. The maximum atomic E-state index is 13.0. The highest BCUT2D eigenvalue weighted by Crippen LogP contribution is 2.24. The molecule has 0 saturated carbocycles. The Morgan fingerprint density at radius 3 is 2.43 bits per heavy atom. The summed E-state index contributed by atoms with van der Waals surface area (Å²) in [5.41, 5.74) is 2.57. The van der Waals surface area contributed by atoms with E-state index < -0.39 is 5.60 Å². The van der Waals surface area contributed by atoms with E-state index in [0.29, 0.717) is 24.3 Å². The Balaban J connectivity index is 1.83. The standard InChI is InChI=1S/C24H29N3O3/c1-6-27(23(29)30-24(2,3)4)15-17-11-7-9-13-20(17)25-22(28)19-16-26(5)21-14-10-8-12-18(19)21/h7-14,16H,6,15H2,1-5H3,(H,25,28). The van der Waals surface area contributed by atoms with Crippen molar-refractivity contribution in [2.45, 2.75) is 39.8 Å². The summed E-state index contributed by atoms with van der Waals surface area (Å²) in [6.45, 7) is 8.28. The molecule has 0 fully saturated rings. The number of amides is 2. The predicted molar refractivity (Wildman–Crippen MR) is 120 cm³/mol. The van der Waals surface area contributed by atoms with Crippen LogP contribution in [0.2, 0.25) is 0 Å². The van der Waals surface area contributed by atoms with Gasteiger partial charge < -0.3 is 19.5 Å². The van der Waals surface area contributed by atoms with Gasteiger partial charge in [-0.15, -0.1) is 0 Å². The lowest BCUT2D eigenvalue weighted by atomic mass is 10.1. The zero-order chi connectivity index (χ0) is 21.9. The summed E-state index contributed by atoms with van der Waals surface area (Å²) in [5.74, 6) is -0.181. The molecule has 0 spiro atoms. The highest BCUT2D eigenvalue weighted by atomic mass is 16.6. The summed E-state index contributed by atoms with van der Waals surface area (Å²) in [6.07, 6.45) is 1.46. The number of fused-ring (bicyclic) bond motifs is 1. The molecule has 3 aromatic rings. The molecule has 2 aromatic carbocycles. The van der Waals surface area contributed by atoms with Crippen LogP contribution in [0.3, 0.4) is 0 Å². The lowest BCUT2D eigenvalue weighted by molar-refractivity contribution is 0.0245. The summed E-state index contributed by atoms with van der Waals surface area (Å²) in [6, 6.07) is 15.3. The maximum Gasteiger partial charge on any atom is 0.410 e. The van der Waals surface area contributed by atoms with Crippen LogP contribution < -0.4 is 5.32 Å². The highest BCUT2D eigenvalue weighted by molar-refractivity contribution is 6.13. The summed E-state index contributed by atoms with van der Waals surface area (Å²) in [5, 5.41) is 3.92. The second-order valence-electron chi connectivity index (χ2n) is 8.28. The first-order chi connectivity index (χ1) is 14.2. The summed E-state index contributed by atoms with van der Waals surface area (Å²) in [4.78, 5) is 27.2. The molecular formula is C24H29N3O3. The molecule has 3 rings (SSSR count). The molecule has 158 valence electrons. The van der Waals surface area contributed by atoms with E-state index in [4.69, 9.17) is 4.74 Å². The van der Waals surface area contributed by atoms with E-state index >= 15 is 0 Å². The number of benzene rings is 2. The van der Waals surface area contributed by atoms with Crippen molar-refractivity contribution in [3.8, 4) is 0 Å². The van der Waals surface area contributed by atoms with Gasteiger partial charge in [0.2, 0.25) is 0 Å². The van der Waals surface area contributed by atoms with Gasteiger partial charge in [0.1, 0.15) is 5.60 Å². The maximum absolute atomic E-state index is 13.0. The van der Waals surface area contributed by atoms with Crippen LogP contribution in [0.15, 0.2) is 54.7 Å². The summed E-state index contributed by atoms with van der Waals surface area (Å²) >= 11 is 0. The molecule has 30 heavy (non-hydrogen) atoms. The van der Waals surface area contributed by atoms with Crippen LogP contribution in [0.25, 0.3) is 10.9 Å². The van der Waals surface area contributed by atoms with Gasteiger partial charge in [-0.1, -0.05) is 36.4 Å². The molecule has 1 heterocycles. The zero-order valence-corrected chi connectivity index (χ0v) is 18.2. The largest absolute Gasteiger partial charge is 0.444 e. The fourth-order valence-corrected chi connectivity index (χ4v) is 3.33. The predicted octanol–water partition coefficient (Wildman–Crippen LogP) is 5.19. The molecule has 0 bridgehead atoms. The summed E-state index contributed by atoms with van der Waals surface area (Å²) < 4.78 is 7.44. The van der Waals surface area contributed by atoms with Crippen LogP contribution in [-0.4, -0.2) is 33.6 Å². The van der Waals surface area contributed by atoms with Crippen molar-refractivity contribution in [2.24, 2.45) is 7.05 Å². The number of hydrogen-bond acceptors (Lipinski definition) is 3. The van der Waals surface area contributed by atoms with Gasteiger partial charge in [-0.3, -0.25) is 4.79 Å². The summed E-state index contributed by atoms with van der Waals surface area (Å²) in [7, 11) is 1.92. The Labute approximate surface area is 177 Å². The minimum Gasteiger partial charge on any atom is -0.444 e. The number of para-hydroxylation sites is 2. The van der Waals surface area contributed by atoms with Crippen molar-refractivity contribution in [3.63, 3.8) is 0 Å². The number of aryl methyl sites for hydroxylation is 1.